The van der Waals surface area contributed by atoms with Crippen molar-refractivity contribution in [2.24, 2.45) is 0 Å². The molecule has 0 saturated heterocycles. The van der Waals surface area contributed by atoms with Crippen LogP contribution < -0.4 is 0 Å². The average molecular weight is 373 g/mol. The molecule has 3 aromatic rings. The van der Waals surface area contributed by atoms with Crippen LogP contribution in [-0.4, -0.2) is 4.86 Å². The van der Waals surface area contributed by atoms with Crippen molar-refractivity contribution >= 4 is 41.5 Å². The molecule has 0 fully saturated rings. The van der Waals surface area contributed by atoms with Gasteiger partial charge in [0.25, 0.3) is 0 Å². The van der Waals surface area contributed by atoms with Gasteiger partial charge in [0.05, 0.1) is 14.7 Å². The Morgan fingerprint density at radius 1 is 0.615 bits per heavy atom. The summed E-state index contributed by atoms with van der Waals surface area (Å²) >= 11 is 0. The van der Waals surface area contributed by atoms with Gasteiger partial charge in [0.1, 0.15) is 6.26 Å². The van der Waals surface area contributed by atoms with Crippen LogP contribution in [0.2, 0.25) is 0 Å². The number of allylic oxidation sites excluding steroid dienone is 2. The van der Waals surface area contributed by atoms with Crippen molar-refractivity contribution in [3.8, 4) is 0 Å². The maximum absolute atomic E-state index is 6.10. The molecule has 126 valence electrons. The third-order valence-electron chi connectivity index (χ3n) is 4.46. The molecule has 0 bridgehead atoms. The van der Waals surface area contributed by atoms with Crippen LogP contribution in [0, 0.1) is 0 Å². The van der Waals surface area contributed by atoms with Crippen LogP contribution in [0.3, 0.4) is 0 Å². The second-order valence-electron chi connectivity index (χ2n) is 6.08. The van der Waals surface area contributed by atoms with E-state index in [0.717, 1.165) is 0 Å². The molecule has 2 aliphatic heterocycles. The minimum Gasteiger partial charge on any atom is -0.430 e. The lowest BCUT2D eigenvalue weighted by molar-refractivity contribution is 0.580. The lowest BCUT2D eigenvalue weighted by Gasteiger charge is -2.12. The number of rotatable bonds is 3. The number of benzene rings is 3. The molecule has 3 aromatic carbocycles. The van der Waals surface area contributed by atoms with Crippen LogP contribution in [0.5, 0.6) is 0 Å². The molecule has 0 radical (unpaired) electrons. The van der Waals surface area contributed by atoms with Gasteiger partial charge in [-0.05, 0) is 27.5 Å². The summed E-state index contributed by atoms with van der Waals surface area (Å²) in [4.78, 5) is 2.61. The second kappa shape index (κ2) is 6.67. The van der Waals surface area contributed by atoms with Crippen molar-refractivity contribution < 1.29 is 4.18 Å². The summed E-state index contributed by atoms with van der Waals surface area (Å²) < 4.78 is 6.10. The minimum atomic E-state index is -0.293. The van der Waals surface area contributed by atoms with Gasteiger partial charge in [-0.1, -0.05) is 91.0 Å². The van der Waals surface area contributed by atoms with Gasteiger partial charge >= 0.3 is 0 Å². The van der Waals surface area contributed by atoms with Gasteiger partial charge in [-0.3, -0.25) is 0 Å². The maximum Gasteiger partial charge on any atom is 0.110 e. The van der Waals surface area contributed by atoms with Crippen LogP contribution in [-0.2, 0) is 4.18 Å². The Bertz CT molecular complexity index is 1050. The molecular weight excluding hydrogens is 356 g/mol. The van der Waals surface area contributed by atoms with Gasteiger partial charge in [-0.25, -0.2) is 0 Å². The van der Waals surface area contributed by atoms with Gasteiger partial charge in [-0.2, -0.15) is 0 Å². The van der Waals surface area contributed by atoms with Crippen LogP contribution in [0.25, 0.3) is 16.1 Å². The quantitative estimate of drug-likeness (QED) is 0.376. The zero-order valence-electron chi connectivity index (χ0n) is 14.0. The van der Waals surface area contributed by atoms with Crippen LogP contribution >= 0.6 is 20.6 Å². The first-order chi connectivity index (χ1) is 12.9. The van der Waals surface area contributed by atoms with Gasteiger partial charge < -0.3 is 4.18 Å². The summed E-state index contributed by atoms with van der Waals surface area (Å²) in [6.07, 6.45) is 1.94. The molecule has 0 spiro atoms. The van der Waals surface area contributed by atoms with E-state index in [-0.39, 0.29) is 9.80 Å². The third-order valence-corrected chi connectivity index (χ3v) is 7.94. The van der Waals surface area contributed by atoms with E-state index in [0.29, 0.717) is 0 Å². The van der Waals surface area contributed by atoms with Crippen molar-refractivity contribution in [1.29, 1.82) is 0 Å². The summed E-state index contributed by atoms with van der Waals surface area (Å²) in [7, 11) is 1.54. The van der Waals surface area contributed by atoms with E-state index in [1.165, 1.54) is 37.6 Å². The van der Waals surface area contributed by atoms with Gasteiger partial charge in [0, 0.05) is 16.1 Å². The van der Waals surface area contributed by atoms with Gasteiger partial charge in [0.2, 0.25) is 0 Å². The Morgan fingerprint density at radius 2 is 1.15 bits per heavy atom. The molecule has 0 saturated carbocycles. The fourth-order valence-electron chi connectivity index (χ4n) is 3.25. The van der Waals surface area contributed by atoms with E-state index in [1.54, 1.807) is 0 Å². The zero-order valence-corrected chi connectivity index (χ0v) is 15.6. The molecule has 3 heteroatoms. The summed E-state index contributed by atoms with van der Waals surface area (Å²) in [5.74, 6) is 0. The molecule has 1 nitrogen and oxygen atoms in total. The topological polar surface area (TPSA) is 9.23 Å². The van der Waals surface area contributed by atoms with E-state index < -0.39 is 0 Å². The van der Waals surface area contributed by atoms with E-state index in [4.69, 9.17) is 4.18 Å². The molecule has 5 rings (SSSR count). The summed E-state index contributed by atoms with van der Waals surface area (Å²) in [6, 6.07) is 31.8. The van der Waals surface area contributed by atoms with Crippen LogP contribution in [0.15, 0.2) is 97.3 Å². The number of hydrogen-bond donors (Lipinski definition) is 0. The normalized spacial score (nSPS) is 18.5. The second-order valence-corrected chi connectivity index (χ2v) is 9.13. The molecule has 0 N–H and O–H groups in total. The molecule has 2 aliphatic rings. The Balaban J connectivity index is 1.71. The van der Waals surface area contributed by atoms with Crippen molar-refractivity contribution in [3.63, 3.8) is 0 Å². The van der Waals surface area contributed by atoms with E-state index in [9.17, 15) is 0 Å². The molecule has 0 amide bonds. The molecule has 0 aliphatic carbocycles. The fraction of sp³-hybridized carbons (Fsp3) is 0. The highest BCUT2D eigenvalue weighted by Gasteiger charge is 2.34. The first kappa shape index (κ1) is 15.7. The van der Waals surface area contributed by atoms with Crippen molar-refractivity contribution in [2.75, 3.05) is 0 Å². The Labute approximate surface area is 159 Å². The largest absolute Gasteiger partial charge is 0.430 e. The summed E-state index contributed by atoms with van der Waals surface area (Å²) in [6.45, 7) is 0. The summed E-state index contributed by atoms with van der Waals surface area (Å²) in [5.41, 5.74) is 6.21. The molecular formula is C23H16OS2. The van der Waals surface area contributed by atoms with Crippen molar-refractivity contribution in [2.45, 2.75) is 0 Å². The lowest BCUT2D eigenvalue weighted by Crippen LogP contribution is -2.02. The first-order valence-electron chi connectivity index (χ1n) is 8.50. The predicted molar refractivity (Wildman–Crippen MR) is 115 cm³/mol. The SMILES string of the molecule is C1=C(c2ccccc2)C2=S(O1)SC(c1ccccc1)=C2c1ccccc1. The Hall–Kier alpha value is -2.49. The highest BCUT2D eigenvalue weighted by atomic mass is 33.1. The average Bonchev–Trinajstić information content (AvgIpc) is 3.29. The smallest absolute Gasteiger partial charge is 0.110 e. The van der Waals surface area contributed by atoms with E-state index in [2.05, 4.69) is 91.0 Å². The van der Waals surface area contributed by atoms with Crippen LogP contribution in [0.4, 0.5) is 0 Å². The van der Waals surface area contributed by atoms with Crippen LogP contribution in [0.1, 0.15) is 16.7 Å². The standard InChI is InChI=1S/C23H16OS2/c1-4-10-17(11-5-1)20-16-24-26-23(20)21(18-12-6-2-7-13-18)22(25-26)19-14-8-3-9-15-19/h1-16H. The van der Waals surface area contributed by atoms with Gasteiger partial charge in [0.15, 0.2) is 0 Å². The Morgan fingerprint density at radius 3 is 1.77 bits per heavy atom. The van der Waals surface area contributed by atoms with Gasteiger partial charge in [-0.15, -0.1) is 0 Å². The predicted octanol–water partition coefficient (Wildman–Crippen LogP) is 6.64. The Kier molecular flexibility index (Phi) is 4.04. The molecule has 1 atom stereocenters. The van der Waals surface area contributed by atoms with E-state index in [1.807, 2.05) is 17.1 Å². The lowest BCUT2D eigenvalue weighted by atomic mass is 9.92. The highest BCUT2D eigenvalue weighted by Crippen LogP contribution is 2.59. The fourth-order valence-corrected chi connectivity index (χ4v) is 7.13. The minimum absolute atomic E-state index is 0.293. The molecule has 0 aromatic heterocycles. The van der Waals surface area contributed by atoms with Crippen molar-refractivity contribution in [3.05, 3.63) is 114 Å². The molecule has 1 unspecified atom stereocenters. The third kappa shape index (κ3) is 2.64. The highest BCUT2D eigenvalue weighted by molar-refractivity contribution is 8.86. The first-order valence-corrected chi connectivity index (χ1v) is 11.0. The monoisotopic (exact) mass is 372 g/mol. The molecule has 26 heavy (non-hydrogen) atoms. The zero-order chi connectivity index (χ0) is 17.3. The maximum atomic E-state index is 6.10. The van der Waals surface area contributed by atoms with Crippen molar-refractivity contribution in [1.82, 2.24) is 0 Å². The molecule has 2 heterocycles. The van der Waals surface area contributed by atoms with E-state index >= 15 is 0 Å². The summed E-state index contributed by atoms with van der Waals surface area (Å²) in [5, 5.41) is 0. The number of hydrogen-bond acceptors (Lipinski definition) is 2.